The van der Waals surface area contributed by atoms with E-state index in [9.17, 15) is 0 Å². The van der Waals surface area contributed by atoms with Crippen LogP contribution >= 0.6 is 0 Å². The lowest BCUT2D eigenvalue weighted by molar-refractivity contribution is 0.904. The molecule has 2 N–H and O–H groups in total. The summed E-state index contributed by atoms with van der Waals surface area (Å²) in [5, 5.41) is 8.40. The highest BCUT2D eigenvalue weighted by molar-refractivity contribution is 5.51. The summed E-state index contributed by atoms with van der Waals surface area (Å²) in [7, 11) is 1.92. The van der Waals surface area contributed by atoms with Gasteiger partial charge < -0.3 is 10.6 Å². The Morgan fingerprint density at radius 1 is 1.69 bits per heavy atom. The molecular weight excluding hydrogens is 164 g/mol. The van der Waals surface area contributed by atoms with Crippen LogP contribution in [0.15, 0.2) is 18.3 Å². The van der Waals surface area contributed by atoms with Crippen LogP contribution in [0.2, 0.25) is 0 Å². The molecule has 4 nitrogen and oxygen atoms in total. The highest BCUT2D eigenvalue weighted by atomic mass is 15.1. The zero-order valence-electron chi connectivity index (χ0n) is 7.57. The second-order valence-electron chi connectivity index (χ2n) is 2.77. The van der Waals surface area contributed by atoms with Crippen LogP contribution in [-0.4, -0.2) is 18.6 Å². The van der Waals surface area contributed by atoms with Crippen molar-refractivity contribution < 1.29 is 0 Å². The third-order valence-electron chi connectivity index (χ3n) is 1.76. The Bertz CT molecular complexity index is 316. The van der Waals surface area contributed by atoms with E-state index in [-0.39, 0.29) is 0 Å². The van der Waals surface area contributed by atoms with Crippen LogP contribution < -0.4 is 10.6 Å². The van der Waals surface area contributed by atoms with E-state index < -0.39 is 0 Å². The largest absolute Gasteiger partial charge is 0.384 e. The molecule has 0 aliphatic rings. The van der Waals surface area contributed by atoms with Crippen molar-refractivity contribution in [3.63, 3.8) is 0 Å². The van der Waals surface area contributed by atoms with Crippen molar-refractivity contribution in [2.45, 2.75) is 6.42 Å². The third-order valence-corrected chi connectivity index (χ3v) is 1.76. The lowest BCUT2D eigenvalue weighted by atomic mass is 10.3. The Labute approximate surface area is 77.6 Å². The summed E-state index contributed by atoms with van der Waals surface area (Å²) in [6, 6.07) is 5.75. The molecule has 1 aromatic heterocycles. The number of nitrogen functional groups attached to an aromatic ring is 1. The average Bonchev–Trinajstić information content (AvgIpc) is 2.14. The van der Waals surface area contributed by atoms with Crippen LogP contribution in [0.4, 0.5) is 11.5 Å². The van der Waals surface area contributed by atoms with Gasteiger partial charge in [0, 0.05) is 31.5 Å². The topological polar surface area (TPSA) is 65.9 Å². The highest BCUT2D eigenvalue weighted by Gasteiger charge is 1.99. The quantitative estimate of drug-likeness (QED) is 0.746. The predicted molar refractivity (Wildman–Crippen MR) is 52.1 cm³/mol. The van der Waals surface area contributed by atoms with Crippen LogP contribution in [0.5, 0.6) is 0 Å². The molecule has 68 valence electrons. The Balaban J connectivity index is 2.66. The fourth-order valence-electron chi connectivity index (χ4n) is 1.02. The van der Waals surface area contributed by atoms with Gasteiger partial charge in [0.05, 0.1) is 12.5 Å². The molecule has 1 rings (SSSR count). The van der Waals surface area contributed by atoms with Crippen LogP contribution in [0.25, 0.3) is 0 Å². The van der Waals surface area contributed by atoms with Crippen molar-refractivity contribution >= 4 is 11.5 Å². The summed E-state index contributed by atoms with van der Waals surface area (Å²) < 4.78 is 0. The standard InChI is InChI=1S/C9H12N4/c1-13(6-2-4-10)8-3-5-12-9(11)7-8/h3,5,7H,2,6H2,1H3,(H2,11,12). The molecule has 0 fully saturated rings. The summed E-state index contributed by atoms with van der Waals surface area (Å²) >= 11 is 0. The second-order valence-corrected chi connectivity index (χ2v) is 2.77. The van der Waals surface area contributed by atoms with E-state index in [0.29, 0.717) is 18.8 Å². The number of aromatic nitrogens is 1. The van der Waals surface area contributed by atoms with Crippen molar-refractivity contribution in [2.24, 2.45) is 0 Å². The number of pyridine rings is 1. The highest BCUT2D eigenvalue weighted by Crippen LogP contribution is 2.13. The third kappa shape index (κ3) is 2.64. The fraction of sp³-hybridized carbons (Fsp3) is 0.333. The molecule has 0 spiro atoms. The first kappa shape index (κ1) is 9.33. The maximum Gasteiger partial charge on any atom is 0.125 e. The van der Waals surface area contributed by atoms with Gasteiger partial charge in [-0.25, -0.2) is 4.98 Å². The summed E-state index contributed by atoms with van der Waals surface area (Å²) in [4.78, 5) is 5.86. The fourth-order valence-corrected chi connectivity index (χ4v) is 1.02. The van der Waals surface area contributed by atoms with Gasteiger partial charge in [0.25, 0.3) is 0 Å². The lowest BCUT2D eigenvalue weighted by Gasteiger charge is -2.17. The van der Waals surface area contributed by atoms with E-state index in [1.165, 1.54) is 0 Å². The number of nitriles is 1. The normalized spacial score (nSPS) is 9.23. The predicted octanol–water partition coefficient (Wildman–Crippen LogP) is 1.01. The van der Waals surface area contributed by atoms with E-state index >= 15 is 0 Å². The summed E-state index contributed by atoms with van der Waals surface area (Å²) in [5.74, 6) is 0.501. The second kappa shape index (κ2) is 4.31. The van der Waals surface area contributed by atoms with Gasteiger partial charge in [0.1, 0.15) is 5.82 Å². The van der Waals surface area contributed by atoms with Crippen molar-refractivity contribution in [3.05, 3.63) is 18.3 Å². The van der Waals surface area contributed by atoms with Crippen LogP contribution in [0, 0.1) is 11.3 Å². The van der Waals surface area contributed by atoms with E-state index in [1.54, 1.807) is 12.3 Å². The van der Waals surface area contributed by atoms with E-state index in [2.05, 4.69) is 11.1 Å². The van der Waals surface area contributed by atoms with Gasteiger partial charge in [0.2, 0.25) is 0 Å². The molecule has 0 aliphatic heterocycles. The van der Waals surface area contributed by atoms with Crippen molar-refractivity contribution in [1.82, 2.24) is 4.98 Å². The van der Waals surface area contributed by atoms with Gasteiger partial charge in [-0.2, -0.15) is 5.26 Å². The first-order valence-electron chi connectivity index (χ1n) is 4.03. The number of nitrogens with zero attached hydrogens (tertiary/aromatic N) is 3. The van der Waals surface area contributed by atoms with Crippen LogP contribution in [0.1, 0.15) is 6.42 Å². The number of rotatable bonds is 3. The molecule has 0 atom stereocenters. The zero-order valence-corrected chi connectivity index (χ0v) is 7.57. The molecule has 0 bridgehead atoms. The molecule has 0 aromatic carbocycles. The molecule has 0 aliphatic carbocycles. The van der Waals surface area contributed by atoms with Gasteiger partial charge in [-0.15, -0.1) is 0 Å². The molecule has 4 heteroatoms. The molecular formula is C9H12N4. The average molecular weight is 176 g/mol. The molecule has 0 saturated heterocycles. The van der Waals surface area contributed by atoms with Crippen molar-refractivity contribution in [3.8, 4) is 6.07 Å². The summed E-state index contributed by atoms with van der Waals surface area (Å²) in [6.07, 6.45) is 2.17. The first-order valence-corrected chi connectivity index (χ1v) is 4.03. The molecule has 0 amide bonds. The number of hydrogen-bond acceptors (Lipinski definition) is 4. The maximum absolute atomic E-state index is 8.40. The Morgan fingerprint density at radius 3 is 3.08 bits per heavy atom. The molecule has 0 saturated carbocycles. The molecule has 1 heterocycles. The molecule has 1 aromatic rings. The minimum Gasteiger partial charge on any atom is -0.384 e. The lowest BCUT2D eigenvalue weighted by Crippen LogP contribution is -2.18. The smallest absolute Gasteiger partial charge is 0.125 e. The number of nitrogens with two attached hydrogens (primary N) is 1. The SMILES string of the molecule is CN(CCC#N)c1ccnc(N)c1. The molecule has 0 unspecified atom stereocenters. The maximum atomic E-state index is 8.40. The van der Waals surface area contributed by atoms with Gasteiger partial charge in [-0.3, -0.25) is 0 Å². The number of hydrogen-bond donors (Lipinski definition) is 1. The minimum absolute atomic E-state index is 0.501. The van der Waals surface area contributed by atoms with Crippen LogP contribution in [-0.2, 0) is 0 Å². The zero-order chi connectivity index (χ0) is 9.68. The van der Waals surface area contributed by atoms with Gasteiger partial charge in [-0.05, 0) is 6.07 Å². The van der Waals surface area contributed by atoms with Crippen LogP contribution in [0.3, 0.4) is 0 Å². The monoisotopic (exact) mass is 176 g/mol. The number of anilines is 2. The Hall–Kier alpha value is -1.76. The van der Waals surface area contributed by atoms with E-state index in [4.69, 9.17) is 11.0 Å². The minimum atomic E-state index is 0.501. The summed E-state index contributed by atoms with van der Waals surface area (Å²) in [5.41, 5.74) is 6.51. The van der Waals surface area contributed by atoms with Crippen molar-refractivity contribution in [2.75, 3.05) is 24.2 Å². The van der Waals surface area contributed by atoms with E-state index in [1.807, 2.05) is 18.0 Å². The summed E-state index contributed by atoms with van der Waals surface area (Å²) in [6.45, 7) is 0.708. The molecule has 13 heavy (non-hydrogen) atoms. The Morgan fingerprint density at radius 2 is 2.46 bits per heavy atom. The van der Waals surface area contributed by atoms with E-state index in [0.717, 1.165) is 5.69 Å². The van der Waals surface area contributed by atoms with Gasteiger partial charge >= 0.3 is 0 Å². The van der Waals surface area contributed by atoms with Gasteiger partial charge in [0.15, 0.2) is 0 Å². The first-order chi connectivity index (χ1) is 6.24. The Kier molecular flexibility index (Phi) is 3.09. The molecule has 0 radical (unpaired) electrons. The van der Waals surface area contributed by atoms with Crippen molar-refractivity contribution in [1.29, 1.82) is 5.26 Å². The van der Waals surface area contributed by atoms with Gasteiger partial charge in [-0.1, -0.05) is 0 Å².